The van der Waals surface area contributed by atoms with Crippen LogP contribution in [0, 0.1) is 0 Å². The number of amides is 2. The van der Waals surface area contributed by atoms with Crippen LogP contribution >= 0.6 is 28.1 Å². The van der Waals surface area contributed by atoms with Gasteiger partial charge in [0.2, 0.25) is 5.91 Å². The highest BCUT2D eigenvalue weighted by molar-refractivity contribution is 9.10. The summed E-state index contributed by atoms with van der Waals surface area (Å²) < 4.78 is 16.7. The number of hydrogen-bond acceptors (Lipinski definition) is 6. The molecule has 2 amide bonds. The molecule has 0 atom stereocenters. The van der Waals surface area contributed by atoms with Gasteiger partial charge in [-0.1, -0.05) is 32.9 Å². The number of hydrazine groups is 1. The van der Waals surface area contributed by atoms with Crippen molar-refractivity contribution in [1.82, 2.24) is 16.2 Å². The number of nitrogens with one attached hydrogen (secondary N) is 3. The molecule has 10 heteroatoms. The fraction of sp³-hybridized carbons (Fsp3) is 0.292. The van der Waals surface area contributed by atoms with Gasteiger partial charge in [0, 0.05) is 6.08 Å². The molecule has 0 saturated carbocycles. The topological polar surface area (TPSA) is 97.9 Å². The summed E-state index contributed by atoms with van der Waals surface area (Å²) in [4.78, 5) is 24.1. The molecule has 2 aromatic carbocycles. The van der Waals surface area contributed by atoms with Crippen LogP contribution in [0.15, 0.2) is 46.9 Å². The van der Waals surface area contributed by atoms with Gasteiger partial charge in [0.1, 0.15) is 5.75 Å². The number of hydrogen-bond donors (Lipinski definition) is 3. The standard InChI is InChI=1S/C24H28BrN3O5S/c1-24(2,3)16-8-10-18(17(25)13-16)33-14-22(30)27-28-23(34)26-21(29)11-7-15-6-9-19(31-4)20(12-15)32-5/h6-13H,14H2,1-5H3,(H,27,30)(H2,26,28,29,34)/b11-7+. The Balaban J connectivity index is 1.78. The molecular formula is C24H28BrN3O5S. The molecule has 0 bridgehead atoms. The van der Waals surface area contributed by atoms with Crippen molar-refractivity contribution >= 4 is 51.2 Å². The van der Waals surface area contributed by atoms with E-state index in [1.54, 1.807) is 37.5 Å². The van der Waals surface area contributed by atoms with Crippen molar-refractivity contribution < 1.29 is 23.8 Å². The normalized spacial score (nSPS) is 11.0. The Bertz CT molecular complexity index is 1080. The number of thiocarbonyl (C=S) groups is 1. The lowest BCUT2D eigenvalue weighted by Gasteiger charge is -2.20. The Morgan fingerprint density at radius 2 is 1.68 bits per heavy atom. The zero-order valence-corrected chi connectivity index (χ0v) is 22.1. The minimum absolute atomic E-state index is 0.000824. The van der Waals surface area contributed by atoms with Gasteiger partial charge in [-0.3, -0.25) is 25.8 Å². The predicted molar refractivity (Wildman–Crippen MR) is 139 cm³/mol. The summed E-state index contributed by atoms with van der Waals surface area (Å²) in [5, 5.41) is 2.37. The molecule has 2 aromatic rings. The van der Waals surface area contributed by atoms with E-state index in [4.69, 9.17) is 26.4 Å². The molecule has 8 nitrogen and oxygen atoms in total. The van der Waals surface area contributed by atoms with Gasteiger partial charge in [-0.05, 0) is 75.0 Å². The molecule has 0 aliphatic rings. The van der Waals surface area contributed by atoms with E-state index < -0.39 is 11.8 Å². The molecule has 3 N–H and O–H groups in total. The SMILES string of the molecule is COc1ccc(/C=C/C(=O)NC(=S)NNC(=O)COc2ccc(C(C)(C)C)cc2Br)cc1OC. The van der Waals surface area contributed by atoms with Crippen LogP contribution in [0.1, 0.15) is 31.9 Å². The van der Waals surface area contributed by atoms with E-state index in [0.29, 0.717) is 17.2 Å². The number of halogens is 1. The van der Waals surface area contributed by atoms with Gasteiger partial charge in [0.15, 0.2) is 23.2 Å². The van der Waals surface area contributed by atoms with Crippen LogP contribution in [0.25, 0.3) is 6.08 Å². The van der Waals surface area contributed by atoms with Crippen molar-refractivity contribution in [2.45, 2.75) is 26.2 Å². The van der Waals surface area contributed by atoms with Gasteiger partial charge in [-0.15, -0.1) is 0 Å². The first kappa shape index (κ1) is 27.1. The van der Waals surface area contributed by atoms with E-state index in [9.17, 15) is 9.59 Å². The zero-order valence-electron chi connectivity index (χ0n) is 19.7. The van der Waals surface area contributed by atoms with Crippen LogP contribution in [0.2, 0.25) is 0 Å². The van der Waals surface area contributed by atoms with E-state index in [2.05, 4.69) is 52.9 Å². The van der Waals surface area contributed by atoms with Crippen LogP contribution in [0.4, 0.5) is 0 Å². The first-order valence-corrected chi connectivity index (χ1v) is 11.5. The highest BCUT2D eigenvalue weighted by atomic mass is 79.9. The van der Waals surface area contributed by atoms with Crippen LogP contribution in [-0.4, -0.2) is 37.8 Å². The second-order valence-corrected chi connectivity index (χ2v) is 9.39. The zero-order chi connectivity index (χ0) is 25.3. The van der Waals surface area contributed by atoms with E-state index >= 15 is 0 Å². The lowest BCUT2D eigenvalue weighted by Crippen LogP contribution is -2.49. The van der Waals surface area contributed by atoms with Crippen molar-refractivity contribution in [2.24, 2.45) is 0 Å². The Labute approximate surface area is 213 Å². The van der Waals surface area contributed by atoms with Crippen molar-refractivity contribution in [3.05, 3.63) is 58.1 Å². The third-order valence-corrected chi connectivity index (χ3v) is 5.37. The number of benzene rings is 2. The van der Waals surface area contributed by atoms with Crippen molar-refractivity contribution in [3.8, 4) is 17.2 Å². The number of carbonyl (C=O) groups is 2. The lowest BCUT2D eigenvalue weighted by atomic mass is 9.87. The fourth-order valence-electron chi connectivity index (χ4n) is 2.70. The molecule has 0 aromatic heterocycles. The van der Waals surface area contributed by atoms with Crippen molar-refractivity contribution in [2.75, 3.05) is 20.8 Å². The molecule has 0 heterocycles. The first-order chi connectivity index (χ1) is 16.0. The number of carbonyl (C=O) groups excluding carboxylic acids is 2. The Morgan fingerprint density at radius 1 is 1.00 bits per heavy atom. The maximum absolute atomic E-state index is 12.1. The van der Waals surface area contributed by atoms with Crippen LogP contribution in [0.3, 0.4) is 0 Å². The van der Waals surface area contributed by atoms with Crippen LogP contribution < -0.4 is 30.4 Å². The molecule has 0 radical (unpaired) electrons. The third kappa shape index (κ3) is 8.35. The molecule has 0 fully saturated rings. The van der Waals surface area contributed by atoms with Crippen LogP contribution in [-0.2, 0) is 15.0 Å². The quantitative estimate of drug-likeness (QED) is 0.274. The van der Waals surface area contributed by atoms with Gasteiger partial charge < -0.3 is 14.2 Å². The van der Waals surface area contributed by atoms with E-state index in [1.807, 2.05) is 12.1 Å². The summed E-state index contributed by atoms with van der Waals surface area (Å²) in [5.74, 6) is 0.733. The average Bonchev–Trinajstić information content (AvgIpc) is 2.79. The predicted octanol–water partition coefficient (Wildman–Crippen LogP) is 3.88. The van der Waals surface area contributed by atoms with Crippen LogP contribution in [0.5, 0.6) is 17.2 Å². The van der Waals surface area contributed by atoms with Gasteiger partial charge in [0.05, 0.1) is 18.7 Å². The summed E-state index contributed by atoms with van der Waals surface area (Å²) in [6, 6.07) is 11.0. The molecule has 0 unspecified atom stereocenters. The van der Waals surface area contributed by atoms with E-state index in [0.717, 1.165) is 15.6 Å². The minimum atomic E-state index is -0.472. The molecule has 182 valence electrons. The van der Waals surface area contributed by atoms with Gasteiger partial charge >= 0.3 is 0 Å². The molecular weight excluding hydrogens is 522 g/mol. The minimum Gasteiger partial charge on any atom is -0.493 e. The maximum Gasteiger partial charge on any atom is 0.276 e. The second kappa shape index (κ2) is 12.4. The number of ether oxygens (including phenoxy) is 3. The third-order valence-electron chi connectivity index (χ3n) is 4.54. The summed E-state index contributed by atoms with van der Waals surface area (Å²) in [7, 11) is 3.08. The molecule has 0 spiro atoms. The van der Waals surface area contributed by atoms with Gasteiger partial charge in [0.25, 0.3) is 5.91 Å². The highest BCUT2D eigenvalue weighted by Crippen LogP contribution is 2.31. The lowest BCUT2D eigenvalue weighted by molar-refractivity contribution is -0.123. The summed E-state index contributed by atoms with van der Waals surface area (Å²) >= 11 is 8.49. The molecule has 34 heavy (non-hydrogen) atoms. The molecule has 0 saturated heterocycles. The van der Waals surface area contributed by atoms with Gasteiger partial charge in [-0.2, -0.15) is 0 Å². The Kier molecular flexibility index (Phi) is 9.88. The molecule has 0 aliphatic carbocycles. The average molecular weight is 550 g/mol. The monoisotopic (exact) mass is 549 g/mol. The summed E-state index contributed by atoms with van der Waals surface area (Å²) in [6.07, 6.45) is 2.90. The first-order valence-electron chi connectivity index (χ1n) is 10.3. The van der Waals surface area contributed by atoms with Gasteiger partial charge in [-0.25, -0.2) is 0 Å². The van der Waals surface area contributed by atoms with E-state index in [-0.39, 0.29) is 17.1 Å². The number of methoxy groups -OCH3 is 2. The Morgan fingerprint density at radius 3 is 2.29 bits per heavy atom. The summed E-state index contributed by atoms with van der Waals surface area (Å²) in [6.45, 7) is 6.10. The molecule has 2 rings (SSSR count). The van der Waals surface area contributed by atoms with E-state index in [1.165, 1.54) is 13.2 Å². The Hall–Kier alpha value is -3.11. The smallest absolute Gasteiger partial charge is 0.276 e. The van der Waals surface area contributed by atoms with Crippen molar-refractivity contribution in [1.29, 1.82) is 0 Å². The number of rotatable bonds is 7. The summed E-state index contributed by atoms with van der Waals surface area (Å²) in [5.41, 5.74) is 6.71. The highest BCUT2D eigenvalue weighted by Gasteiger charge is 2.15. The second-order valence-electron chi connectivity index (χ2n) is 8.12. The fourth-order valence-corrected chi connectivity index (χ4v) is 3.35. The van der Waals surface area contributed by atoms with Crippen molar-refractivity contribution in [3.63, 3.8) is 0 Å². The molecule has 0 aliphatic heterocycles. The maximum atomic E-state index is 12.1. The largest absolute Gasteiger partial charge is 0.493 e.